The van der Waals surface area contributed by atoms with E-state index in [1.165, 1.54) is 11.3 Å². The summed E-state index contributed by atoms with van der Waals surface area (Å²) in [6.07, 6.45) is 5.38. The average Bonchev–Trinajstić information content (AvgIpc) is 3.15. The third-order valence-electron chi connectivity index (χ3n) is 6.21. The van der Waals surface area contributed by atoms with Gasteiger partial charge in [0.25, 0.3) is 0 Å². The monoisotopic (exact) mass is 489 g/mol. The summed E-state index contributed by atoms with van der Waals surface area (Å²) >= 11 is 7.48. The Balaban J connectivity index is 1.22. The summed E-state index contributed by atoms with van der Waals surface area (Å²) in [4.78, 5) is 20.5. The van der Waals surface area contributed by atoms with Crippen LogP contribution in [-0.4, -0.2) is 50.9 Å². The van der Waals surface area contributed by atoms with Crippen molar-refractivity contribution in [3.63, 3.8) is 0 Å². The Morgan fingerprint density at radius 2 is 2.09 bits per heavy atom. The highest BCUT2D eigenvalue weighted by molar-refractivity contribution is 7.19. The van der Waals surface area contributed by atoms with Gasteiger partial charge in [-0.1, -0.05) is 16.8 Å². The highest BCUT2D eigenvalue weighted by Gasteiger charge is 2.30. The highest BCUT2D eigenvalue weighted by Crippen LogP contribution is 2.40. The number of hydrogen-bond acceptors (Lipinski definition) is 7. The summed E-state index contributed by atoms with van der Waals surface area (Å²) in [5, 5.41) is 7.20. The molecule has 1 saturated heterocycles. The van der Waals surface area contributed by atoms with E-state index >= 15 is 0 Å². The van der Waals surface area contributed by atoms with Crippen molar-refractivity contribution in [2.75, 3.05) is 13.1 Å². The molecule has 2 aliphatic rings. The van der Waals surface area contributed by atoms with Crippen molar-refractivity contribution in [1.29, 1.82) is 0 Å². The number of likely N-dealkylation sites (tertiary alicyclic amines) is 1. The normalized spacial score (nSPS) is 17.6. The predicted octanol–water partition coefficient (Wildman–Crippen LogP) is 5.14. The molecule has 0 spiro atoms. The van der Waals surface area contributed by atoms with Crippen LogP contribution in [0.15, 0.2) is 28.9 Å². The van der Waals surface area contributed by atoms with E-state index < -0.39 is 6.09 Å². The molecule has 1 N–H and O–H groups in total. The molecule has 33 heavy (non-hydrogen) atoms. The van der Waals surface area contributed by atoms with Gasteiger partial charge in [-0.3, -0.25) is 0 Å². The number of carbonyl (C=O) groups excluding carboxylic acids is 1. The fraction of sp³-hybridized carbons (Fsp3) is 0.522. The van der Waals surface area contributed by atoms with Crippen LogP contribution in [0.5, 0.6) is 5.88 Å². The average molecular weight is 490 g/mol. The van der Waals surface area contributed by atoms with Crippen LogP contribution < -0.4 is 10.1 Å². The van der Waals surface area contributed by atoms with Crippen molar-refractivity contribution in [2.45, 2.75) is 64.1 Å². The van der Waals surface area contributed by atoms with Crippen LogP contribution >= 0.6 is 22.9 Å². The Morgan fingerprint density at radius 3 is 2.76 bits per heavy atom. The first-order chi connectivity index (χ1) is 15.9. The van der Waals surface area contributed by atoms with E-state index in [9.17, 15) is 4.79 Å². The zero-order chi connectivity index (χ0) is 22.9. The van der Waals surface area contributed by atoms with E-state index in [0.717, 1.165) is 55.2 Å². The van der Waals surface area contributed by atoms with E-state index in [2.05, 4.69) is 34.2 Å². The Labute approximate surface area is 201 Å². The zero-order valence-electron chi connectivity index (χ0n) is 18.8. The largest absolute Gasteiger partial charge is 0.414 e. The molecule has 176 valence electrons. The number of carbonyl (C=O) groups is 1. The SMILES string of the molecule is CC(C)N1CCC(NC(=O)Oc2cn(Cc3cc(-c4ccc(Cl)s4)on3)c(C3CC3)n2)CC1. The van der Waals surface area contributed by atoms with Gasteiger partial charge in [0.1, 0.15) is 11.5 Å². The van der Waals surface area contributed by atoms with Gasteiger partial charge in [0, 0.05) is 37.2 Å². The maximum Gasteiger partial charge on any atom is 0.414 e. The van der Waals surface area contributed by atoms with Crippen molar-refractivity contribution < 1.29 is 14.1 Å². The van der Waals surface area contributed by atoms with Gasteiger partial charge in [0.15, 0.2) is 5.76 Å². The van der Waals surface area contributed by atoms with Gasteiger partial charge >= 0.3 is 6.09 Å². The van der Waals surface area contributed by atoms with Crippen LogP contribution in [0.4, 0.5) is 4.79 Å². The maximum absolute atomic E-state index is 12.5. The second-order valence-electron chi connectivity index (χ2n) is 9.06. The van der Waals surface area contributed by atoms with Gasteiger partial charge < -0.3 is 24.0 Å². The van der Waals surface area contributed by atoms with Crippen LogP contribution in [-0.2, 0) is 6.54 Å². The van der Waals surface area contributed by atoms with Crippen molar-refractivity contribution in [1.82, 2.24) is 24.9 Å². The summed E-state index contributed by atoms with van der Waals surface area (Å²) in [5.41, 5.74) is 0.779. The molecule has 3 aromatic rings. The molecular weight excluding hydrogens is 462 g/mol. The number of nitrogens with one attached hydrogen (secondary N) is 1. The summed E-state index contributed by atoms with van der Waals surface area (Å²) < 4.78 is 13.8. The molecule has 3 aromatic heterocycles. The number of rotatable bonds is 7. The van der Waals surface area contributed by atoms with Crippen LogP contribution in [0.3, 0.4) is 0 Å². The lowest BCUT2D eigenvalue weighted by Crippen LogP contribution is -2.47. The lowest BCUT2D eigenvalue weighted by Gasteiger charge is -2.34. The Morgan fingerprint density at radius 1 is 1.30 bits per heavy atom. The lowest BCUT2D eigenvalue weighted by atomic mass is 10.0. The van der Waals surface area contributed by atoms with E-state index in [1.54, 1.807) is 6.20 Å². The van der Waals surface area contributed by atoms with Gasteiger partial charge in [0.05, 0.1) is 22.0 Å². The van der Waals surface area contributed by atoms with Crippen LogP contribution in [0.1, 0.15) is 57.0 Å². The number of imidazole rings is 1. The molecule has 10 heteroatoms. The minimum absolute atomic E-state index is 0.136. The van der Waals surface area contributed by atoms with E-state index in [4.69, 9.17) is 20.9 Å². The number of thiophene rings is 1. The van der Waals surface area contributed by atoms with Gasteiger partial charge in [0.2, 0.25) is 5.88 Å². The fourth-order valence-corrected chi connectivity index (χ4v) is 5.21. The molecule has 1 aliphatic heterocycles. The standard InChI is InChI=1S/C23H28ClN5O3S/c1-14(2)28-9-7-16(8-10-28)25-23(30)31-21-13-29(22(26-21)15-3-4-15)12-17-11-18(32-27-17)19-5-6-20(24)33-19/h5-6,11,13-16H,3-4,7-10,12H2,1-2H3,(H,25,30). The quantitative estimate of drug-likeness (QED) is 0.494. The zero-order valence-corrected chi connectivity index (χ0v) is 20.4. The molecule has 4 heterocycles. The van der Waals surface area contributed by atoms with E-state index in [1.807, 2.05) is 22.8 Å². The third-order valence-corrected chi connectivity index (χ3v) is 7.46. The van der Waals surface area contributed by atoms with Crippen molar-refractivity contribution in [3.05, 3.63) is 40.3 Å². The molecule has 1 aliphatic carbocycles. The molecule has 0 aromatic carbocycles. The first kappa shape index (κ1) is 22.4. The third kappa shape index (κ3) is 5.42. The molecule has 0 atom stereocenters. The lowest BCUT2D eigenvalue weighted by molar-refractivity contribution is 0.151. The van der Waals surface area contributed by atoms with E-state index in [-0.39, 0.29) is 6.04 Å². The Bertz CT molecular complexity index is 1110. The first-order valence-electron chi connectivity index (χ1n) is 11.5. The Hall–Kier alpha value is -2.36. The molecule has 8 nitrogen and oxygen atoms in total. The first-order valence-corrected chi connectivity index (χ1v) is 12.6. The summed E-state index contributed by atoms with van der Waals surface area (Å²) in [5.74, 6) is 2.33. The number of nitrogens with zero attached hydrogens (tertiary/aromatic N) is 4. The molecular formula is C23H28ClN5O3S. The molecule has 2 fully saturated rings. The molecule has 1 saturated carbocycles. The van der Waals surface area contributed by atoms with E-state index in [0.29, 0.717) is 34.5 Å². The number of aromatic nitrogens is 3. The van der Waals surface area contributed by atoms with Crippen LogP contribution in [0.25, 0.3) is 10.6 Å². The summed E-state index contributed by atoms with van der Waals surface area (Å²) in [6, 6.07) is 6.34. The van der Waals surface area contributed by atoms with Gasteiger partial charge in [-0.2, -0.15) is 4.98 Å². The second kappa shape index (κ2) is 9.48. The minimum atomic E-state index is -0.441. The fourth-order valence-electron chi connectivity index (χ4n) is 4.22. The summed E-state index contributed by atoms with van der Waals surface area (Å²) in [6.45, 7) is 6.88. The number of piperidine rings is 1. The minimum Gasteiger partial charge on any atom is -0.390 e. The highest BCUT2D eigenvalue weighted by atomic mass is 35.5. The molecule has 5 rings (SSSR count). The molecule has 0 bridgehead atoms. The number of amides is 1. The maximum atomic E-state index is 12.5. The summed E-state index contributed by atoms with van der Waals surface area (Å²) in [7, 11) is 0. The van der Waals surface area contributed by atoms with Crippen LogP contribution in [0, 0.1) is 0 Å². The van der Waals surface area contributed by atoms with Crippen molar-refractivity contribution >= 4 is 29.0 Å². The molecule has 0 radical (unpaired) electrons. The van der Waals surface area contributed by atoms with Crippen LogP contribution in [0.2, 0.25) is 4.34 Å². The topological polar surface area (TPSA) is 85.4 Å². The number of halogens is 1. The second-order valence-corrected chi connectivity index (χ2v) is 10.8. The number of ether oxygens (including phenoxy) is 1. The van der Waals surface area contributed by atoms with Crippen molar-refractivity contribution in [3.8, 4) is 16.5 Å². The Kier molecular flexibility index (Phi) is 6.44. The number of hydrogen-bond donors (Lipinski definition) is 1. The van der Waals surface area contributed by atoms with Crippen molar-refractivity contribution in [2.24, 2.45) is 0 Å². The van der Waals surface area contributed by atoms with Gasteiger partial charge in [-0.15, -0.1) is 11.3 Å². The van der Waals surface area contributed by atoms with Gasteiger partial charge in [-0.25, -0.2) is 4.79 Å². The smallest absolute Gasteiger partial charge is 0.390 e. The predicted molar refractivity (Wildman–Crippen MR) is 127 cm³/mol. The molecule has 0 unspecified atom stereocenters. The molecule has 1 amide bonds. The van der Waals surface area contributed by atoms with Gasteiger partial charge in [-0.05, 0) is 51.7 Å².